The monoisotopic (exact) mass is 486 g/mol. The zero-order valence-corrected chi connectivity index (χ0v) is 18.7. The first-order valence-electron chi connectivity index (χ1n) is 10.7. The van der Waals surface area contributed by atoms with Crippen LogP contribution in [0.2, 0.25) is 0 Å². The average molecular weight is 487 g/mol. The van der Waals surface area contributed by atoms with Crippen LogP contribution in [0.25, 0.3) is 0 Å². The summed E-state index contributed by atoms with van der Waals surface area (Å²) in [5.74, 6) is -1.16. The van der Waals surface area contributed by atoms with E-state index in [4.69, 9.17) is 10.5 Å². The number of primary amides is 1. The fourth-order valence-corrected chi connectivity index (χ4v) is 6.50. The zero-order chi connectivity index (χ0) is 24.1. The van der Waals surface area contributed by atoms with E-state index in [2.05, 4.69) is 10.8 Å². The average Bonchev–Trinajstić information content (AvgIpc) is 2.79. The van der Waals surface area contributed by atoms with Crippen LogP contribution >= 0.6 is 0 Å². The minimum Gasteiger partial charge on any atom is -0.379 e. The maximum atomic E-state index is 13.7. The smallest absolute Gasteiger partial charge is 0.379 e. The Kier molecular flexibility index (Phi) is 5.87. The summed E-state index contributed by atoms with van der Waals surface area (Å²) < 4.78 is 76.1. The normalized spacial score (nSPS) is 28.3. The third kappa shape index (κ3) is 4.29. The van der Waals surface area contributed by atoms with Gasteiger partial charge in [0.1, 0.15) is 0 Å². The number of alkyl halides is 3. The molecule has 8 nitrogen and oxygen atoms in total. The van der Waals surface area contributed by atoms with Crippen molar-refractivity contribution < 1.29 is 31.1 Å². The highest BCUT2D eigenvalue weighted by Crippen LogP contribution is 2.59. The number of carbonyl (C=O) groups is 1. The van der Waals surface area contributed by atoms with E-state index in [1.165, 1.54) is 0 Å². The lowest BCUT2D eigenvalue weighted by Crippen LogP contribution is -2.46. The molecule has 1 aliphatic heterocycles. The predicted molar refractivity (Wildman–Crippen MR) is 112 cm³/mol. The van der Waals surface area contributed by atoms with Gasteiger partial charge in [-0.25, -0.2) is 0 Å². The Morgan fingerprint density at radius 3 is 2.18 bits per heavy atom. The van der Waals surface area contributed by atoms with Crippen LogP contribution in [-0.4, -0.2) is 44.9 Å². The van der Waals surface area contributed by atoms with Crippen LogP contribution in [0.3, 0.4) is 0 Å². The molecular weight excluding hydrogens is 461 g/mol. The van der Waals surface area contributed by atoms with Crippen molar-refractivity contribution >= 4 is 21.8 Å². The number of nitrogens with two attached hydrogens (primary N) is 1. The van der Waals surface area contributed by atoms with Gasteiger partial charge in [-0.2, -0.15) is 31.2 Å². The lowest BCUT2D eigenvalue weighted by molar-refractivity contribution is -0.137. The highest BCUT2D eigenvalue weighted by molar-refractivity contribution is 7.90. The summed E-state index contributed by atoms with van der Waals surface area (Å²) in [4.78, 5) is 12.2. The summed E-state index contributed by atoms with van der Waals surface area (Å²) in [6.07, 6.45) is -1.98. The van der Waals surface area contributed by atoms with Crippen LogP contribution in [0, 0.1) is 16.7 Å². The highest BCUT2D eigenvalue weighted by atomic mass is 32.2. The first-order chi connectivity index (χ1) is 15.4. The van der Waals surface area contributed by atoms with Crippen molar-refractivity contribution in [2.45, 2.75) is 50.1 Å². The lowest BCUT2D eigenvalue weighted by atomic mass is 9.52. The molecule has 1 aromatic rings. The minimum atomic E-state index is -4.75. The molecule has 1 heterocycles. The molecule has 0 atom stereocenters. The second kappa shape index (κ2) is 8.14. The Morgan fingerprint density at radius 1 is 1.12 bits per heavy atom. The molecule has 0 unspecified atom stereocenters. The molecule has 12 heteroatoms. The number of rotatable bonds is 5. The van der Waals surface area contributed by atoms with Gasteiger partial charge in [0.05, 0.1) is 41.5 Å². The van der Waals surface area contributed by atoms with Crippen molar-refractivity contribution in [1.82, 2.24) is 4.31 Å². The minimum absolute atomic E-state index is 0.0764. The number of nitrogens with one attached hydrogen (secondary N) is 1. The number of anilines is 1. The number of fused-ring (bicyclic) bond motifs is 3. The number of nitriles is 1. The number of carbonyl (C=O) groups excluding carboxylic acids is 1. The van der Waals surface area contributed by atoms with Crippen LogP contribution in [0.15, 0.2) is 12.1 Å². The van der Waals surface area contributed by atoms with Gasteiger partial charge in [-0.05, 0) is 61.6 Å². The number of hydrogen-bond donors (Lipinski definition) is 2. The van der Waals surface area contributed by atoms with Crippen LogP contribution in [0.5, 0.6) is 0 Å². The molecule has 3 saturated carbocycles. The van der Waals surface area contributed by atoms with Gasteiger partial charge < -0.3 is 10.5 Å². The summed E-state index contributed by atoms with van der Waals surface area (Å²) >= 11 is 0. The number of hydrogen-bond acceptors (Lipinski definition) is 5. The Bertz CT molecular complexity index is 1080. The van der Waals surface area contributed by atoms with Gasteiger partial charge in [-0.1, -0.05) is 0 Å². The predicted octanol–water partition coefficient (Wildman–Crippen LogP) is 2.91. The number of halogens is 3. The quantitative estimate of drug-likeness (QED) is 0.662. The van der Waals surface area contributed by atoms with Crippen molar-refractivity contribution in [3.05, 3.63) is 28.8 Å². The van der Waals surface area contributed by atoms with E-state index < -0.39 is 44.2 Å². The maximum Gasteiger partial charge on any atom is 0.416 e. The molecule has 1 saturated heterocycles. The van der Waals surface area contributed by atoms with E-state index in [0.717, 1.165) is 10.4 Å². The van der Waals surface area contributed by atoms with Gasteiger partial charge in [0.2, 0.25) is 0 Å². The Balaban J connectivity index is 1.86. The maximum absolute atomic E-state index is 13.7. The first-order valence-corrected chi connectivity index (χ1v) is 12.2. The standard InChI is InChI=1S/C21H25F3N4O4S/c22-21(23,24)14-11-15(18(26)29)17(27-33(30,31)28-7-9-32-10-8-28)16(12-14)20-4-1-19(13-25,2-5-20)3-6-20/h11-12,27H,1-10H2,(H2,26,29). The van der Waals surface area contributed by atoms with Gasteiger partial charge in [0.25, 0.3) is 5.91 Å². The molecule has 33 heavy (non-hydrogen) atoms. The Hall–Kier alpha value is -2.36. The van der Waals surface area contributed by atoms with Gasteiger partial charge in [-0.3, -0.25) is 9.52 Å². The van der Waals surface area contributed by atoms with Crippen molar-refractivity contribution in [2.24, 2.45) is 11.1 Å². The number of amides is 1. The fourth-order valence-electron chi connectivity index (χ4n) is 5.27. The summed E-state index contributed by atoms with van der Waals surface area (Å²) in [7, 11) is -4.18. The molecule has 1 amide bonds. The molecule has 2 bridgehead atoms. The van der Waals surface area contributed by atoms with Crippen molar-refractivity contribution in [3.8, 4) is 6.07 Å². The third-order valence-corrected chi connectivity index (χ3v) is 8.83. The summed E-state index contributed by atoms with van der Waals surface area (Å²) in [6, 6.07) is 3.89. The van der Waals surface area contributed by atoms with Crippen LogP contribution in [0.1, 0.15) is 60.0 Å². The largest absolute Gasteiger partial charge is 0.416 e. The van der Waals surface area contributed by atoms with Gasteiger partial charge in [0, 0.05) is 13.1 Å². The van der Waals surface area contributed by atoms with E-state index in [1.54, 1.807) is 0 Å². The molecule has 0 aromatic heterocycles. The Labute approximate surface area is 190 Å². The van der Waals surface area contributed by atoms with Gasteiger partial charge >= 0.3 is 16.4 Å². The molecule has 3 aliphatic carbocycles. The molecule has 4 fully saturated rings. The zero-order valence-electron chi connectivity index (χ0n) is 17.9. The number of ether oxygens (including phenoxy) is 1. The van der Waals surface area contributed by atoms with Crippen LogP contribution in [-0.2, 0) is 26.5 Å². The number of benzene rings is 1. The molecule has 3 N–H and O–H groups in total. The topological polar surface area (TPSA) is 126 Å². The number of nitrogens with zero attached hydrogens (tertiary/aromatic N) is 2. The summed E-state index contributed by atoms with van der Waals surface area (Å²) in [5.41, 5.74) is 2.50. The molecule has 0 radical (unpaired) electrons. The summed E-state index contributed by atoms with van der Waals surface area (Å²) in [5, 5.41) is 9.57. The molecule has 180 valence electrons. The highest BCUT2D eigenvalue weighted by Gasteiger charge is 2.51. The van der Waals surface area contributed by atoms with Gasteiger partial charge in [-0.15, -0.1) is 0 Å². The van der Waals surface area contributed by atoms with Crippen molar-refractivity contribution in [3.63, 3.8) is 0 Å². The summed E-state index contributed by atoms with van der Waals surface area (Å²) in [6.45, 7) is 0.521. The second-order valence-electron chi connectivity index (χ2n) is 9.10. The molecule has 4 aliphatic rings. The van der Waals surface area contributed by atoms with E-state index in [0.29, 0.717) is 44.6 Å². The first kappa shape index (κ1) is 23.8. The molecular formula is C21H25F3N4O4S. The molecule has 5 rings (SSSR count). The SMILES string of the molecule is N#CC12CCC(c3cc(C(F)(F)F)cc(C(N)=O)c3NS(=O)(=O)N3CCOCC3)(CC1)CC2. The lowest BCUT2D eigenvalue weighted by Gasteiger charge is -2.51. The fraction of sp³-hybridized carbons (Fsp3) is 0.619. The number of morpholine rings is 1. The van der Waals surface area contributed by atoms with E-state index in [1.807, 2.05) is 0 Å². The second-order valence-corrected chi connectivity index (χ2v) is 10.8. The molecule has 1 aromatic carbocycles. The van der Waals surface area contributed by atoms with E-state index in [9.17, 15) is 31.6 Å². The third-order valence-electron chi connectivity index (χ3n) is 7.33. The van der Waals surface area contributed by atoms with Crippen molar-refractivity contribution in [1.29, 1.82) is 5.26 Å². The van der Waals surface area contributed by atoms with E-state index in [-0.39, 0.29) is 37.6 Å². The van der Waals surface area contributed by atoms with E-state index >= 15 is 0 Å². The van der Waals surface area contributed by atoms with Crippen molar-refractivity contribution in [2.75, 3.05) is 31.0 Å². The van der Waals surface area contributed by atoms with Crippen LogP contribution in [0.4, 0.5) is 18.9 Å². The van der Waals surface area contributed by atoms with Gasteiger partial charge in [0.15, 0.2) is 0 Å². The Morgan fingerprint density at radius 2 is 1.70 bits per heavy atom. The molecule has 0 spiro atoms. The van der Waals surface area contributed by atoms with Crippen LogP contribution < -0.4 is 10.5 Å².